The van der Waals surface area contributed by atoms with E-state index in [1.165, 1.54) is 0 Å². The molecule has 0 saturated heterocycles. The lowest BCUT2D eigenvalue weighted by Gasteiger charge is -2.21. The Kier molecular flexibility index (Phi) is 5.19. The van der Waals surface area contributed by atoms with Gasteiger partial charge in [-0.05, 0) is 19.3 Å². The Morgan fingerprint density at radius 1 is 1.53 bits per heavy atom. The first-order chi connectivity index (χ1) is 8.08. The second-order valence-corrected chi connectivity index (χ2v) is 4.54. The van der Waals surface area contributed by atoms with Gasteiger partial charge in [0, 0.05) is 13.0 Å². The fourth-order valence-electron chi connectivity index (χ4n) is 1.54. The van der Waals surface area contributed by atoms with E-state index in [-0.39, 0.29) is 5.91 Å². The van der Waals surface area contributed by atoms with Crippen molar-refractivity contribution in [2.45, 2.75) is 47.0 Å². The van der Waals surface area contributed by atoms with Crippen molar-refractivity contribution in [3.05, 3.63) is 12.0 Å². The molecule has 0 aliphatic heterocycles. The van der Waals surface area contributed by atoms with Gasteiger partial charge >= 0.3 is 6.01 Å². The van der Waals surface area contributed by atoms with Gasteiger partial charge in [0.15, 0.2) is 0 Å². The number of amides is 1. The molecular weight excluding hydrogens is 216 g/mol. The van der Waals surface area contributed by atoms with Crippen molar-refractivity contribution in [1.82, 2.24) is 4.98 Å². The van der Waals surface area contributed by atoms with Crippen molar-refractivity contribution in [3.63, 3.8) is 0 Å². The molecule has 4 nitrogen and oxygen atoms in total. The summed E-state index contributed by atoms with van der Waals surface area (Å²) in [6.45, 7) is 8.78. The van der Waals surface area contributed by atoms with E-state index in [9.17, 15) is 4.79 Å². The number of hydrogen-bond donors (Lipinski definition) is 0. The van der Waals surface area contributed by atoms with Crippen LogP contribution in [0.1, 0.15) is 45.7 Å². The molecule has 0 aliphatic carbocycles. The van der Waals surface area contributed by atoms with Crippen LogP contribution in [0.25, 0.3) is 0 Å². The van der Waals surface area contributed by atoms with Gasteiger partial charge in [0.25, 0.3) is 0 Å². The lowest BCUT2D eigenvalue weighted by atomic mass is 10.1. The maximum atomic E-state index is 12.0. The summed E-state index contributed by atoms with van der Waals surface area (Å²) in [4.78, 5) is 17.9. The van der Waals surface area contributed by atoms with Crippen LogP contribution in [0.5, 0.6) is 0 Å². The number of anilines is 1. The average molecular weight is 238 g/mol. The Morgan fingerprint density at radius 2 is 2.24 bits per heavy atom. The Labute approximate surface area is 103 Å². The standard InChI is InChI=1S/C13H22N2O2/c1-5-7-12(16)15(8-10(3)6-2)13-14-11(4)9-17-13/h9-10H,5-8H2,1-4H3/t10-/m0/s1. The highest BCUT2D eigenvalue weighted by atomic mass is 16.4. The number of aromatic nitrogens is 1. The first-order valence-electron chi connectivity index (χ1n) is 6.30. The summed E-state index contributed by atoms with van der Waals surface area (Å²) < 4.78 is 5.33. The van der Waals surface area contributed by atoms with Crippen LogP contribution in [-0.4, -0.2) is 17.4 Å². The van der Waals surface area contributed by atoms with Gasteiger partial charge in [-0.15, -0.1) is 0 Å². The van der Waals surface area contributed by atoms with Gasteiger partial charge in [-0.1, -0.05) is 27.2 Å². The zero-order chi connectivity index (χ0) is 12.8. The molecule has 96 valence electrons. The topological polar surface area (TPSA) is 46.3 Å². The summed E-state index contributed by atoms with van der Waals surface area (Å²) in [6, 6.07) is 0.432. The predicted octanol–water partition coefficient (Wildman–Crippen LogP) is 3.16. The van der Waals surface area contributed by atoms with Gasteiger partial charge in [0.2, 0.25) is 5.91 Å². The molecule has 1 aromatic heterocycles. The summed E-state index contributed by atoms with van der Waals surface area (Å²) in [6.07, 6.45) is 4.00. The van der Waals surface area contributed by atoms with E-state index in [0.717, 1.165) is 18.5 Å². The number of hydrogen-bond acceptors (Lipinski definition) is 3. The Morgan fingerprint density at radius 3 is 2.71 bits per heavy atom. The highest BCUT2D eigenvalue weighted by Gasteiger charge is 2.21. The van der Waals surface area contributed by atoms with Crippen LogP contribution in [-0.2, 0) is 4.79 Å². The van der Waals surface area contributed by atoms with Crippen LogP contribution in [0, 0.1) is 12.8 Å². The predicted molar refractivity (Wildman–Crippen MR) is 68.0 cm³/mol. The van der Waals surface area contributed by atoms with Gasteiger partial charge in [0.1, 0.15) is 6.26 Å². The smallest absolute Gasteiger partial charge is 0.304 e. The first-order valence-corrected chi connectivity index (χ1v) is 6.30. The van der Waals surface area contributed by atoms with Gasteiger partial charge < -0.3 is 4.42 Å². The second kappa shape index (κ2) is 6.42. The third-order valence-corrected chi connectivity index (χ3v) is 2.79. The summed E-state index contributed by atoms with van der Waals surface area (Å²) >= 11 is 0. The molecule has 0 bridgehead atoms. The van der Waals surface area contributed by atoms with E-state index >= 15 is 0 Å². The lowest BCUT2D eigenvalue weighted by Crippen LogP contribution is -2.34. The Balaban J connectivity index is 2.82. The van der Waals surface area contributed by atoms with Crippen molar-refractivity contribution in [3.8, 4) is 0 Å². The summed E-state index contributed by atoms with van der Waals surface area (Å²) in [5, 5.41) is 0. The maximum Gasteiger partial charge on any atom is 0.304 e. The number of carbonyl (C=O) groups is 1. The lowest BCUT2D eigenvalue weighted by molar-refractivity contribution is -0.119. The van der Waals surface area contributed by atoms with Gasteiger partial charge in [-0.2, -0.15) is 4.98 Å². The van der Waals surface area contributed by atoms with Gasteiger partial charge in [-0.25, -0.2) is 0 Å². The van der Waals surface area contributed by atoms with Gasteiger partial charge in [0.05, 0.1) is 5.69 Å². The summed E-state index contributed by atoms with van der Waals surface area (Å²) in [5.41, 5.74) is 0.804. The molecule has 0 spiro atoms. The third kappa shape index (κ3) is 3.88. The molecule has 0 radical (unpaired) electrons. The average Bonchev–Trinajstić information content (AvgIpc) is 2.72. The van der Waals surface area contributed by atoms with E-state index in [0.29, 0.717) is 24.9 Å². The molecule has 17 heavy (non-hydrogen) atoms. The molecule has 4 heteroatoms. The molecule has 0 unspecified atom stereocenters. The van der Waals surface area contributed by atoms with E-state index in [4.69, 9.17) is 4.42 Å². The minimum absolute atomic E-state index is 0.0923. The molecule has 0 N–H and O–H groups in total. The van der Waals surface area contributed by atoms with Crippen molar-refractivity contribution in [2.75, 3.05) is 11.4 Å². The van der Waals surface area contributed by atoms with Crippen LogP contribution in [0.4, 0.5) is 6.01 Å². The fourth-order valence-corrected chi connectivity index (χ4v) is 1.54. The third-order valence-electron chi connectivity index (χ3n) is 2.79. The highest BCUT2D eigenvalue weighted by Crippen LogP contribution is 2.17. The molecule has 1 amide bonds. The van der Waals surface area contributed by atoms with Crippen LogP contribution in [0.3, 0.4) is 0 Å². The number of carbonyl (C=O) groups excluding carboxylic acids is 1. The van der Waals surface area contributed by atoms with Crippen molar-refractivity contribution >= 4 is 11.9 Å². The molecule has 1 atom stereocenters. The minimum atomic E-state index is 0.0923. The zero-order valence-electron chi connectivity index (χ0n) is 11.2. The van der Waals surface area contributed by atoms with E-state index in [1.54, 1.807) is 11.2 Å². The molecular formula is C13H22N2O2. The SMILES string of the molecule is CCCC(=O)N(C[C@@H](C)CC)c1nc(C)co1. The number of aryl methyl sites for hydroxylation is 1. The molecule has 0 saturated carbocycles. The maximum absolute atomic E-state index is 12.0. The second-order valence-electron chi connectivity index (χ2n) is 4.54. The molecule has 1 heterocycles. The normalized spacial score (nSPS) is 12.5. The summed E-state index contributed by atoms with van der Waals surface area (Å²) in [5.74, 6) is 0.540. The monoisotopic (exact) mass is 238 g/mol. The van der Waals surface area contributed by atoms with Crippen LogP contribution >= 0.6 is 0 Å². The van der Waals surface area contributed by atoms with E-state index in [2.05, 4.69) is 18.8 Å². The quantitative estimate of drug-likeness (QED) is 0.764. The molecule has 0 aliphatic rings. The number of nitrogens with zero attached hydrogens (tertiary/aromatic N) is 2. The van der Waals surface area contributed by atoms with E-state index < -0.39 is 0 Å². The van der Waals surface area contributed by atoms with Gasteiger partial charge in [-0.3, -0.25) is 9.69 Å². The van der Waals surface area contributed by atoms with Crippen molar-refractivity contribution in [2.24, 2.45) is 5.92 Å². The molecule has 1 rings (SSSR count). The number of rotatable bonds is 6. The molecule has 1 aromatic rings. The van der Waals surface area contributed by atoms with Crippen LogP contribution < -0.4 is 4.90 Å². The fraction of sp³-hybridized carbons (Fsp3) is 0.692. The number of oxazole rings is 1. The Bertz CT molecular complexity index is 360. The zero-order valence-corrected chi connectivity index (χ0v) is 11.2. The van der Waals surface area contributed by atoms with Crippen molar-refractivity contribution in [1.29, 1.82) is 0 Å². The minimum Gasteiger partial charge on any atom is -0.431 e. The highest BCUT2D eigenvalue weighted by molar-refractivity contribution is 5.91. The van der Waals surface area contributed by atoms with Crippen molar-refractivity contribution < 1.29 is 9.21 Å². The van der Waals surface area contributed by atoms with E-state index in [1.807, 2.05) is 13.8 Å². The van der Waals surface area contributed by atoms with Crippen LogP contribution in [0.2, 0.25) is 0 Å². The molecule has 0 aromatic carbocycles. The Hall–Kier alpha value is -1.32. The largest absolute Gasteiger partial charge is 0.431 e. The van der Waals surface area contributed by atoms with Crippen LogP contribution in [0.15, 0.2) is 10.7 Å². The molecule has 0 fully saturated rings. The summed E-state index contributed by atoms with van der Waals surface area (Å²) in [7, 11) is 0. The first kappa shape index (κ1) is 13.7.